The van der Waals surface area contributed by atoms with Crippen molar-refractivity contribution in [3.8, 4) is 5.75 Å². The summed E-state index contributed by atoms with van der Waals surface area (Å²) in [6.45, 7) is 10.1. The molecule has 0 spiro atoms. The largest absolute Gasteiger partial charge is 0.489 e. The van der Waals surface area contributed by atoms with Gasteiger partial charge in [0.05, 0.1) is 28.5 Å². The number of aromatic nitrogens is 1. The summed E-state index contributed by atoms with van der Waals surface area (Å²) < 4.78 is 13.6. The molecule has 5 rings (SSSR count). The molecule has 0 bridgehead atoms. The first-order valence-electron chi connectivity index (χ1n) is 13.7. The predicted molar refractivity (Wildman–Crippen MR) is 168 cm³/mol. The molecule has 6 nitrogen and oxygen atoms in total. The minimum Gasteiger partial charge on any atom is -0.489 e. The third kappa shape index (κ3) is 6.17. The second kappa shape index (κ2) is 12.8. The van der Waals surface area contributed by atoms with Crippen LogP contribution in [-0.4, -0.2) is 17.1 Å². The van der Waals surface area contributed by atoms with E-state index in [1.807, 2.05) is 85.8 Å². The van der Waals surface area contributed by atoms with Gasteiger partial charge in [0.25, 0.3) is 5.56 Å². The van der Waals surface area contributed by atoms with Gasteiger partial charge in [0.2, 0.25) is 0 Å². The van der Waals surface area contributed by atoms with Crippen molar-refractivity contribution < 1.29 is 14.3 Å². The molecule has 1 aliphatic rings. The summed E-state index contributed by atoms with van der Waals surface area (Å²) in [6, 6.07) is 20.6. The van der Waals surface area contributed by atoms with Crippen molar-refractivity contribution in [2.75, 3.05) is 6.61 Å². The smallest absolute Gasteiger partial charge is 0.338 e. The van der Waals surface area contributed by atoms with Gasteiger partial charge in [-0.25, -0.2) is 9.79 Å². The van der Waals surface area contributed by atoms with Gasteiger partial charge in [-0.05, 0) is 79.8 Å². The number of carbonyl (C=O) groups excluding carboxylic acids is 1. The Morgan fingerprint density at radius 3 is 2.52 bits per heavy atom. The number of aryl methyl sites for hydroxylation is 1. The van der Waals surface area contributed by atoms with E-state index >= 15 is 0 Å². The Bertz CT molecular complexity index is 1850. The van der Waals surface area contributed by atoms with Crippen LogP contribution in [0.3, 0.4) is 0 Å². The van der Waals surface area contributed by atoms with Crippen molar-refractivity contribution in [2.24, 2.45) is 4.99 Å². The normalized spacial score (nSPS) is 14.8. The van der Waals surface area contributed by atoms with Crippen molar-refractivity contribution in [3.05, 3.63) is 143 Å². The Morgan fingerprint density at radius 1 is 1.10 bits per heavy atom. The fourth-order valence-electron chi connectivity index (χ4n) is 4.89. The van der Waals surface area contributed by atoms with Crippen molar-refractivity contribution in [1.29, 1.82) is 0 Å². The Morgan fingerprint density at radius 2 is 1.83 bits per heavy atom. The lowest BCUT2D eigenvalue weighted by Gasteiger charge is -2.24. The Kier molecular flexibility index (Phi) is 8.90. The lowest BCUT2D eigenvalue weighted by atomic mass is 9.95. The van der Waals surface area contributed by atoms with E-state index in [1.54, 1.807) is 18.4 Å². The number of benzene rings is 3. The third-order valence-corrected chi connectivity index (χ3v) is 8.20. The molecular weight excluding hydrogens is 568 g/mol. The maximum atomic E-state index is 13.9. The van der Waals surface area contributed by atoms with E-state index in [0.29, 0.717) is 38.7 Å². The first-order valence-corrected chi connectivity index (χ1v) is 14.9. The van der Waals surface area contributed by atoms with Gasteiger partial charge in [0.1, 0.15) is 12.4 Å². The van der Waals surface area contributed by atoms with E-state index in [2.05, 4.69) is 11.6 Å². The number of ether oxygens (including phenoxy) is 2. The zero-order valence-corrected chi connectivity index (χ0v) is 25.3. The highest BCUT2D eigenvalue weighted by Gasteiger charge is 2.33. The minimum atomic E-state index is -0.636. The van der Waals surface area contributed by atoms with Gasteiger partial charge >= 0.3 is 5.97 Å². The van der Waals surface area contributed by atoms with Crippen LogP contribution in [0.25, 0.3) is 6.08 Å². The number of allylic oxidation sites excluding steroid dienone is 2. The average molecular weight is 599 g/mol. The van der Waals surface area contributed by atoms with Gasteiger partial charge in [-0.3, -0.25) is 9.36 Å². The van der Waals surface area contributed by atoms with E-state index in [1.165, 1.54) is 11.3 Å². The molecule has 0 fully saturated rings. The maximum absolute atomic E-state index is 13.9. The van der Waals surface area contributed by atoms with Crippen LogP contribution < -0.4 is 19.6 Å². The van der Waals surface area contributed by atoms with Crippen LogP contribution in [0.2, 0.25) is 5.02 Å². The molecule has 0 saturated carbocycles. The molecule has 1 aromatic heterocycles. The number of carbonyl (C=O) groups is 1. The molecule has 0 saturated heterocycles. The topological polar surface area (TPSA) is 69.9 Å². The summed E-state index contributed by atoms with van der Waals surface area (Å²) in [7, 11) is 0. The zero-order chi connectivity index (χ0) is 29.8. The van der Waals surface area contributed by atoms with Crippen molar-refractivity contribution in [3.63, 3.8) is 0 Å². The van der Waals surface area contributed by atoms with Crippen LogP contribution in [0, 0.1) is 6.92 Å². The first-order chi connectivity index (χ1) is 20.3. The molecule has 8 heteroatoms. The SMILES string of the molecule is C=CCc1cc(/C=c2/sc3n(c2=O)[C@@H](c2ccc(C)cc2)C(C(=O)OCC)=C(C)N=3)ccc1OCc1ccc(Cl)cc1. The second-order valence-corrected chi connectivity index (χ2v) is 11.4. The summed E-state index contributed by atoms with van der Waals surface area (Å²) in [5, 5.41) is 0.679. The summed E-state index contributed by atoms with van der Waals surface area (Å²) in [6.07, 6.45) is 4.28. The van der Waals surface area contributed by atoms with Crippen molar-refractivity contribution >= 4 is 35.0 Å². The second-order valence-electron chi connectivity index (χ2n) is 9.99. The molecule has 0 aliphatic carbocycles. The van der Waals surface area contributed by atoms with Crippen molar-refractivity contribution in [2.45, 2.75) is 39.8 Å². The Balaban J connectivity index is 1.55. The number of halogens is 1. The van der Waals surface area contributed by atoms with Crippen LogP contribution in [0.1, 0.15) is 47.7 Å². The third-order valence-electron chi connectivity index (χ3n) is 6.96. The molecule has 0 unspecified atom stereocenters. The minimum absolute atomic E-state index is 0.216. The van der Waals surface area contributed by atoms with Crippen LogP contribution in [0.15, 0.2) is 100 Å². The molecule has 1 atom stereocenters. The van der Waals surface area contributed by atoms with Crippen LogP contribution in [-0.2, 0) is 22.6 Å². The molecule has 214 valence electrons. The molecule has 42 heavy (non-hydrogen) atoms. The highest BCUT2D eigenvalue weighted by molar-refractivity contribution is 7.07. The molecule has 0 N–H and O–H groups in total. The van der Waals surface area contributed by atoms with Crippen molar-refractivity contribution in [1.82, 2.24) is 4.57 Å². The highest BCUT2D eigenvalue weighted by atomic mass is 35.5. The molecular formula is C34H31ClN2O4S. The maximum Gasteiger partial charge on any atom is 0.338 e. The summed E-state index contributed by atoms with van der Waals surface area (Å²) in [5.41, 5.74) is 5.42. The van der Waals surface area contributed by atoms with Crippen LogP contribution in [0.5, 0.6) is 5.75 Å². The summed E-state index contributed by atoms with van der Waals surface area (Å²) in [4.78, 5) is 32.2. The lowest BCUT2D eigenvalue weighted by molar-refractivity contribution is -0.139. The number of nitrogens with zero attached hydrogens (tertiary/aromatic N) is 2. The Labute approximate surface area is 253 Å². The van der Waals surface area contributed by atoms with E-state index in [-0.39, 0.29) is 12.2 Å². The quantitative estimate of drug-likeness (QED) is 0.173. The van der Waals surface area contributed by atoms with Gasteiger partial charge in [-0.15, -0.1) is 6.58 Å². The van der Waals surface area contributed by atoms with Gasteiger partial charge < -0.3 is 9.47 Å². The number of rotatable bonds is 9. The van der Waals surface area contributed by atoms with Crippen LogP contribution >= 0.6 is 22.9 Å². The summed E-state index contributed by atoms with van der Waals surface area (Å²) in [5.74, 6) is 0.277. The van der Waals surface area contributed by atoms with E-state index in [9.17, 15) is 9.59 Å². The average Bonchev–Trinajstić information content (AvgIpc) is 3.27. The fraction of sp³-hybridized carbons (Fsp3) is 0.206. The molecule has 2 heterocycles. The number of thiazole rings is 1. The van der Waals surface area contributed by atoms with Gasteiger partial charge in [-0.1, -0.05) is 77.0 Å². The van der Waals surface area contributed by atoms with E-state index in [0.717, 1.165) is 33.6 Å². The van der Waals surface area contributed by atoms with Gasteiger partial charge in [0.15, 0.2) is 4.80 Å². The monoisotopic (exact) mass is 598 g/mol. The van der Waals surface area contributed by atoms with Gasteiger partial charge in [0, 0.05) is 5.02 Å². The van der Waals surface area contributed by atoms with E-state index in [4.69, 9.17) is 21.1 Å². The summed E-state index contributed by atoms with van der Waals surface area (Å²) >= 11 is 7.30. The molecule has 1 aliphatic heterocycles. The number of hydrogen-bond acceptors (Lipinski definition) is 6. The number of hydrogen-bond donors (Lipinski definition) is 0. The zero-order valence-electron chi connectivity index (χ0n) is 23.7. The molecule has 3 aromatic carbocycles. The first kappa shape index (κ1) is 29.3. The molecule has 4 aromatic rings. The number of esters is 1. The molecule has 0 amide bonds. The van der Waals surface area contributed by atoms with E-state index < -0.39 is 12.0 Å². The highest BCUT2D eigenvalue weighted by Crippen LogP contribution is 2.31. The standard InChI is InChI=1S/C34H31ClN2O4S/c1-5-7-26-18-24(12-17-28(26)41-20-23-10-15-27(35)16-11-23)19-29-32(38)37-31(25-13-8-21(3)9-14-25)30(33(39)40-6-2)22(4)36-34(37)42-29/h5,8-19,31H,1,6-7,20H2,2-4H3/b29-19+/t31-/m0/s1. The lowest BCUT2D eigenvalue weighted by Crippen LogP contribution is -2.39. The van der Waals surface area contributed by atoms with Crippen LogP contribution in [0.4, 0.5) is 0 Å². The Hall–Kier alpha value is -4.20. The van der Waals surface area contributed by atoms with Gasteiger partial charge in [-0.2, -0.15) is 0 Å². The number of fused-ring (bicyclic) bond motifs is 1. The fourth-order valence-corrected chi connectivity index (χ4v) is 6.07. The predicted octanol–water partition coefficient (Wildman–Crippen LogP) is 6.07. The molecule has 0 radical (unpaired) electrons.